The van der Waals surface area contributed by atoms with Crippen molar-refractivity contribution in [2.75, 3.05) is 0 Å². The molecule has 0 heterocycles. The van der Waals surface area contributed by atoms with Crippen molar-refractivity contribution in [2.45, 2.75) is 12.8 Å². The average Bonchev–Trinajstić information content (AvgIpc) is 2.87. The predicted molar refractivity (Wildman–Crippen MR) is 75.6 cm³/mol. The number of benzene rings is 3. The maximum Gasteiger partial charge on any atom is -0.0113 e. The van der Waals surface area contributed by atoms with Gasteiger partial charge in [0.05, 0.1) is 0 Å². The van der Waals surface area contributed by atoms with Crippen molar-refractivity contribution >= 4 is 10.8 Å². The molecular formula is C18H13. The second-order valence-electron chi connectivity index (χ2n) is 4.90. The monoisotopic (exact) mass is 229 g/mol. The standard InChI is InChI=1S/C18H13/c1-2-5-13(6-3-1)16-11-9-14-7-4-8-15-10-12-17(16)18(14)15/h1-2,4-9,11H,10,12H2. The van der Waals surface area contributed by atoms with Crippen LogP contribution < -0.4 is 0 Å². The van der Waals surface area contributed by atoms with Crippen LogP contribution in [0.25, 0.3) is 21.9 Å². The molecule has 0 amide bonds. The maximum atomic E-state index is 3.18. The van der Waals surface area contributed by atoms with Crippen molar-refractivity contribution < 1.29 is 0 Å². The first-order chi connectivity index (χ1) is 8.93. The van der Waals surface area contributed by atoms with E-state index in [0.29, 0.717) is 0 Å². The van der Waals surface area contributed by atoms with Gasteiger partial charge < -0.3 is 0 Å². The topological polar surface area (TPSA) is 0 Å². The quantitative estimate of drug-likeness (QED) is 0.580. The molecule has 0 unspecified atom stereocenters. The molecule has 85 valence electrons. The van der Waals surface area contributed by atoms with E-state index in [1.165, 1.54) is 45.9 Å². The lowest BCUT2D eigenvalue weighted by Crippen LogP contribution is -1.86. The summed E-state index contributed by atoms with van der Waals surface area (Å²) in [6, 6.07) is 22.6. The molecule has 0 aromatic heterocycles. The van der Waals surface area contributed by atoms with Crippen molar-refractivity contribution in [3.63, 3.8) is 0 Å². The Labute approximate surface area is 107 Å². The molecule has 4 rings (SSSR count). The fourth-order valence-electron chi connectivity index (χ4n) is 3.09. The molecule has 0 saturated heterocycles. The summed E-state index contributed by atoms with van der Waals surface area (Å²) in [5.41, 5.74) is 5.68. The van der Waals surface area contributed by atoms with Crippen molar-refractivity contribution in [1.82, 2.24) is 0 Å². The van der Waals surface area contributed by atoms with Crippen LogP contribution in [-0.4, -0.2) is 0 Å². The molecule has 1 aliphatic carbocycles. The summed E-state index contributed by atoms with van der Waals surface area (Å²) in [5, 5.41) is 2.86. The largest absolute Gasteiger partial charge is 0.0614 e. The fourth-order valence-corrected chi connectivity index (χ4v) is 3.09. The van der Waals surface area contributed by atoms with Crippen LogP contribution in [0.2, 0.25) is 0 Å². The molecule has 0 nitrogen and oxygen atoms in total. The summed E-state index contributed by atoms with van der Waals surface area (Å²) in [6.07, 6.45) is 2.35. The van der Waals surface area contributed by atoms with Crippen LogP contribution in [0.1, 0.15) is 11.1 Å². The van der Waals surface area contributed by atoms with Gasteiger partial charge >= 0.3 is 0 Å². The van der Waals surface area contributed by atoms with E-state index in [1.54, 1.807) is 0 Å². The number of hydrogen-bond acceptors (Lipinski definition) is 0. The van der Waals surface area contributed by atoms with Gasteiger partial charge in [-0.25, -0.2) is 0 Å². The highest BCUT2D eigenvalue weighted by Gasteiger charge is 2.17. The maximum absolute atomic E-state index is 3.18. The van der Waals surface area contributed by atoms with Gasteiger partial charge in [0.15, 0.2) is 0 Å². The number of rotatable bonds is 1. The zero-order chi connectivity index (χ0) is 11.9. The lowest BCUT2D eigenvalue weighted by Gasteiger charge is -2.09. The summed E-state index contributed by atoms with van der Waals surface area (Å²) in [6.45, 7) is 0. The van der Waals surface area contributed by atoms with Crippen LogP contribution in [0, 0.1) is 6.07 Å². The van der Waals surface area contributed by atoms with E-state index < -0.39 is 0 Å². The Bertz CT molecular complexity index is 724. The normalized spacial score (nSPS) is 13.1. The third-order valence-corrected chi connectivity index (χ3v) is 3.90. The van der Waals surface area contributed by atoms with Crippen molar-refractivity contribution in [3.8, 4) is 11.1 Å². The number of aryl methyl sites for hydroxylation is 2. The Kier molecular flexibility index (Phi) is 2.04. The van der Waals surface area contributed by atoms with Gasteiger partial charge in [0.25, 0.3) is 0 Å². The lowest BCUT2D eigenvalue weighted by molar-refractivity contribution is 1.03. The summed E-state index contributed by atoms with van der Waals surface area (Å²) in [7, 11) is 0. The molecule has 3 aromatic rings. The zero-order valence-corrected chi connectivity index (χ0v) is 10.1. The smallest absolute Gasteiger partial charge is 0.0113 e. The SMILES string of the molecule is [c]1cccc(-c2ccc3cccc4c3c2CC4)c1. The van der Waals surface area contributed by atoms with E-state index >= 15 is 0 Å². The first-order valence-electron chi connectivity index (χ1n) is 6.43. The van der Waals surface area contributed by atoms with Gasteiger partial charge in [-0.05, 0) is 58.0 Å². The van der Waals surface area contributed by atoms with Gasteiger partial charge in [-0.3, -0.25) is 0 Å². The Hall–Kier alpha value is -2.08. The molecule has 0 N–H and O–H groups in total. The molecule has 0 saturated carbocycles. The minimum Gasteiger partial charge on any atom is -0.0614 e. The highest BCUT2D eigenvalue weighted by atomic mass is 14.2. The molecule has 0 aliphatic heterocycles. The molecule has 0 atom stereocenters. The molecule has 1 aliphatic rings. The molecule has 1 radical (unpaired) electrons. The van der Waals surface area contributed by atoms with Crippen molar-refractivity contribution in [3.05, 3.63) is 71.8 Å². The zero-order valence-electron chi connectivity index (χ0n) is 10.1. The minimum atomic E-state index is 1.17. The molecule has 3 aromatic carbocycles. The van der Waals surface area contributed by atoms with Crippen molar-refractivity contribution in [1.29, 1.82) is 0 Å². The highest BCUT2D eigenvalue weighted by molar-refractivity contribution is 5.95. The van der Waals surface area contributed by atoms with Crippen molar-refractivity contribution in [2.24, 2.45) is 0 Å². The van der Waals surface area contributed by atoms with Gasteiger partial charge in [0.1, 0.15) is 0 Å². The molecule has 0 fully saturated rings. The Morgan fingerprint density at radius 1 is 0.889 bits per heavy atom. The van der Waals surface area contributed by atoms with E-state index in [-0.39, 0.29) is 0 Å². The summed E-state index contributed by atoms with van der Waals surface area (Å²) in [5.74, 6) is 0. The lowest BCUT2D eigenvalue weighted by atomic mass is 9.95. The Balaban J connectivity index is 2.07. The summed E-state index contributed by atoms with van der Waals surface area (Å²) in [4.78, 5) is 0. The fraction of sp³-hybridized carbons (Fsp3) is 0.111. The Morgan fingerprint density at radius 3 is 2.78 bits per heavy atom. The van der Waals surface area contributed by atoms with Crippen LogP contribution in [0.4, 0.5) is 0 Å². The second kappa shape index (κ2) is 3.71. The highest BCUT2D eigenvalue weighted by Crippen LogP contribution is 2.37. The molecule has 0 bridgehead atoms. The van der Waals surface area contributed by atoms with Crippen LogP contribution in [0.3, 0.4) is 0 Å². The molecule has 0 heteroatoms. The third-order valence-electron chi connectivity index (χ3n) is 3.90. The van der Waals surface area contributed by atoms with E-state index in [9.17, 15) is 0 Å². The van der Waals surface area contributed by atoms with Crippen LogP contribution >= 0.6 is 0 Å². The van der Waals surface area contributed by atoms with E-state index in [4.69, 9.17) is 0 Å². The van der Waals surface area contributed by atoms with Gasteiger partial charge in [-0.15, -0.1) is 0 Å². The minimum absolute atomic E-state index is 1.17. The van der Waals surface area contributed by atoms with Gasteiger partial charge in [-0.2, -0.15) is 0 Å². The number of hydrogen-bond donors (Lipinski definition) is 0. The first-order valence-corrected chi connectivity index (χ1v) is 6.43. The average molecular weight is 229 g/mol. The summed E-state index contributed by atoms with van der Waals surface area (Å²) >= 11 is 0. The van der Waals surface area contributed by atoms with Gasteiger partial charge in [0.2, 0.25) is 0 Å². The first kappa shape index (κ1) is 9.90. The molecule has 0 spiro atoms. The van der Waals surface area contributed by atoms with Crippen LogP contribution in [-0.2, 0) is 12.8 Å². The van der Waals surface area contributed by atoms with E-state index in [1.807, 2.05) is 6.07 Å². The molecular weight excluding hydrogens is 216 g/mol. The summed E-state index contributed by atoms with van der Waals surface area (Å²) < 4.78 is 0. The third kappa shape index (κ3) is 1.32. The van der Waals surface area contributed by atoms with E-state index in [2.05, 4.69) is 54.6 Å². The van der Waals surface area contributed by atoms with Crippen LogP contribution in [0.5, 0.6) is 0 Å². The Morgan fingerprint density at radius 2 is 1.89 bits per heavy atom. The predicted octanol–water partition coefficient (Wildman–Crippen LogP) is 4.41. The van der Waals surface area contributed by atoms with Gasteiger partial charge in [-0.1, -0.05) is 48.5 Å². The second-order valence-corrected chi connectivity index (χ2v) is 4.90. The van der Waals surface area contributed by atoms with Gasteiger partial charge in [0, 0.05) is 0 Å². The van der Waals surface area contributed by atoms with E-state index in [0.717, 1.165) is 0 Å². The molecule has 18 heavy (non-hydrogen) atoms. The van der Waals surface area contributed by atoms with Crippen LogP contribution in [0.15, 0.2) is 54.6 Å².